The van der Waals surface area contributed by atoms with Gasteiger partial charge in [-0.2, -0.15) is 0 Å². The number of aromatic amines is 1. The summed E-state index contributed by atoms with van der Waals surface area (Å²) >= 11 is 0. The Morgan fingerprint density at radius 1 is 1.50 bits per heavy atom. The first-order chi connectivity index (χ1) is 6.53. The molecule has 1 aliphatic carbocycles. The highest BCUT2D eigenvalue weighted by molar-refractivity contribution is 5.92. The molecule has 3 N–H and O–H groups in total. The first kappa shape index (κ1) is 8.93. The maximum Gasteiger partial charge on any atom is 0.261 e. The number of aromatic nitrogens is 1. The summed E-state index contributed by atoms with van der Waals surface area (Å²) in [6.45, 7) is 0. The van der Waals surface area contributed by atoms with Crippen LogP contribution in [0.2, 0.25) is 0 Å². The normalized spacial score (nSPS) is 17.8. The number of primary amides is 1. The van der Waals surface area contributed by atoms with Crippen molar-refractivity contribution in [2.45, 2.75) is 18.5 Å². The van der Waals surface area contributed by atoms with Gasteiger partial charge in [-0.1, -0.05) is 0 Å². The number of amides is 1. The van der Waals surface area contributed by atoms with Gasteiger partial charge in [0.2, 0.25) is 0 Å². The second-order valence-electron chi connectivity index (χ2n) is 3.44. The minimum absolute atomic E-state index is 0.141. The Hall–Kier alpha value is -1.65. The average Bonchev–Trinajstić information content (AvgIpc) is 2.84. The highest BCUT2D eigenvalue weighted by Crippen LogP contribution is 2.48. The van der Waals surface area contributed by atoms with E-state index in [1.54, 1.807) is 0 Å². The van der Waals surface area contributed by atoms with Crippen LogP contribution in [0.15, 0.2) is 16.9 Å². The van der Waals surface area contributed by atoms with Crippen LogP contribution in [0.5, 0.6) is 0 Å². The third-order valence-electron chi connectivity index (χ3n) is 2.35. The highest BCUT2D eigenvalue weighted by atomic mass is 19.1. The Bertz CT molecular complexity index is 448. The number of carbonyl (C=O) groups excluding carboxylic acids is 1. The molecule has 1 amide bonds. The van der Waals surface area contributed by atoms with E-state index in [4.69, 9.17) is 5.73 Å². The van der Waals surface area contributed by atoms with Gasteiger partial charge in [-0.3, -0.25) is 9.59 Å². The van der Waals surface area contributed by atoms with Gasteiger partial charge >= 0.3 is 0 Å². The van der Waals surface area contributed by atoms with Crippen molar-refractivity contribution in [3.8, 4) is 0 Å². The summed E-state index contributed by atoms with van der Waals surface area (Å²) < 4.78 is 13.5. The monoisotopic (exact) mass is 196 g/mol. The Labute approximate surface area is 78.9 Å². The second kappa shape index (κ2) is 2.67. The largest absolute Gasteiger partial charge is 0.365 e. The van der Waals surface area contributed by atoms with Crippen molar-refractivity contribution in [3.05, 3.63) is 33.7 Å². The quantitative estimate of drug-likeness (QED) is 0.719. The molecule has 0 bridgehead atoms. The molecule has 0 radical (unpaired) electrons. The lowest BCUT2D eigenvalue weighted by Crippen LogP contribution is -2.25. The summed E-state index contributed by atoms with van der Waals surface area (Å²) in [5.41, 5.74) is 3.01. The van der Waals surface area contributed by atoms with Crippen LogP contribution >= 0.6 is 0 Å². The van der Waals surface area contributed by atoms with E-state index in [9.17, 15) is 14.0 Å². The third-order valence-corrected chi connectivity index (χ3v) is 2.35. The van der Waals surface area contributed by atoms with Crippen LogP contribution in [0, 0.1) is 0 Å². The van der Waals surface area contributed by atoms with Crippen molar-refractivity contribution in [2.75, 3.05) is 0 Å². The summed E-state index contributed by atoms with van der Waals surface area (Å²) in [6, 6.07) is 2.66. The predicted molar refractivity (Wildman–Crippen MR) is 47.6 cm³/mol. The number of nitrogens with one attached hydrogen (secondary N) is 1. The predicted octanol–water partition coefficient (Wildman–Crippen LogP) is 0.432. The molecule has 0 aromatic carbocycles. The summed E-state index contributed by atoms with van der Waals surface area (Å²) in [5.74, 6) is -0.804. The molecule has 1 aromatic heterocycles. The minimum atomic E-state index is -1.39. The van der Waals surface area contributed by atoms with Crippen molar-refractivity contribution in [2.24, 2.45) is 5.73 Å². The van der Waals surface area contributed by atoms with Crippen molar-refractivity contribution >= 4 is 5.91 Å². The van der Waals surface area contributed by atoms with Gasteiger partial charge in [-0.15, -0.1) is 0 Å². The number of alkyl halides is 1. The number of carbonyl (C=O) groups is 1. The van der Waals surface area contributed by atoms with Crippen LogP contribution in [0.1, 0.15) is 28.9 Å². The number of hydrogen-bond donors (Lipinski definition) is 2. The summed E-state index contributed by atoms with van der Waals surface area (Å²) in [4.78, 5) is 24.3. The maximum atomic E-state index is 13.5. The SMILES string of the molecule is NC(=O)c1ccc(C2(F)CC2)[nH]c1=O. The first-order valence-electron chi connectivity index (χ1n) is 4.25. The van der Waals surface area contributed by atoms with Crippen LogP contribution < -0.4 is 11.3 Å². The number of pyridine rings is 1. The topological polar surface area (TPSA) is 76.0 Å². The molecule has 5 heteroatoms. The lowest BCUT2D eigenvalue weighted by atomic mass is 10.2. The van der Waals surface area contributed by atoms with Crippen molar-refractivity contribution in [3.63, 3.8) is 0 Å². The molecule has 0 unspecified atom stereocenters. The molecular weight excluding hydrogens is 187 g/mol. The van der Waals surface area contributed by atoms with Gasteiger partial charge in [-0.25, -0.2) is 4.39 Å². The Balaban J connectivity index is 2.46. The molecule has 0 aliphatic heterocycles. The molecule has 1 fully saturated rings. The number of rotatable bonds is 2. The van der Waals surface area contributed by atoms with Crippen molar-refractivity contribution < 1.29 is 9.18 Å². The van der Waals surface area contributed by atoms with Gasteiger partial charge in [0.15, 0.2) is 5.67 Å². The maximum absolute atomic E-state index is 13.5. The van der Waals surface area contributed by atoms with Gasteiger partial charge in [0, 0.05) is 0 Å². The van der Waals surface area contributed by atoms with Crippen LogP contribution in [0.25, 0.3) is 0 Å². The molecule has 2 rings (SSSR count). The van der Waals surface area contributed by atoms with Crippen LogP contribution in [-0.2, 0) is 5.67 Å². The van der Waals surface area contributed by atoms with Gasteiger partial charge in [0.25, 0.3) is 11.5 Å². The summed E-state index contributed by atoms with van der Waals surface area (Å²) in [6.07, 6.45) is 0.831. The molecule has 1 aliphatic rings. The number of H-pyrrole nitrogens is 1. The van der Waals surface area contributed by atoms with E-state index in [1.165, 1.54) is 12.1 Å². The van der Waals surface area contributed by atoms with E-state index in [0.717, 1.165) is 0 Å². The fourth-order valence-corrected chi connectivity index (χ4v) is 1.31. The van der Waals surface area contributed by atoms with E-state index >= 15 is 0 Å². The Morgan fingerprint density at radius 2 is 2.14 bits per heavy atom. The molecule has 4 nitrogen and oxygen atoms in total. The van der Waals surface area contributed by atoms with Crippen LogP contribution in [0.4, 0.5) is 4.39 Å². The Kier molecular flexibility index (Phi) is 1.70. The van der Waals surface area contributed by atoms with Gasteiger partial charge in [0.05, 0.1) is 5.69 Å². The molecular formula is C9H9FN2O2. The van der Waals surface area contributed by atoms with Crippen LogP contribution in [0.3, 0.4) is 0 Å². The van der Waals surface area contributed by atoms with Gasteiger partial charge in [0.1, 0.15) is 5.56 Å². The lowest BCUT2D eigenvalue weighted by Gasteiger charge is -2.04. The van der Waals surface area contributed by atoms with Crippen molar-refractivity contribution in [1.29, 1.82) is 0 Å². The van der Waals surface area contributed by atoms with Gasteiger partial charge < -0.3 is 10.7 Å². The number of halogens is 1. The Morgan fingerprint density at radius 3 is 2.57 bits per heavy atom. The minimum Gasteiger partial charge on any atom is -0.365 e. The number of hydrogen-bond acceptors (Lipinski definition) is 2. The highest BCUT2D eigenvalue weighted by Gasteiger charge is 2.46. The zero-order valence-corrected chi connectivity index (χ0v) is 7.34. The van der Waals surface area contributed by atoms with Crippen LogP contribution in [-0.4, -0.2) is 10.9 Å². The van der Waals surface area contributed by atoms with E-state index in [-0.39, 0.29) is 11.3 Å². The fourth-order valence-electron chi connectivity index (χ4n) is 1.31. The van der Waals surface area contributed by atoms with E-state index in [2.05, 4.69) is 4.98 Å². The molecule has 1 saturated carbocycles. The molecule has 1 aromatic rings. The molecule has 14 heavy (non-hydrogen) atoms. The lowest BCUT2D eigenvalue weighted by molar-refractivity contribution is 0.0998. The standard InChI is InChI=1S/C9H9FN2O2/c10-9(3-4-9)6-2-1-5(7(11)13)8(14)12-6/h1-2H,3-4H2,(H2,11,13)(H,12,14). The molecule has 74 valence electrons. The fraction of sp³-hybridized carbons (Fsp3) is 0.333. The molecule has 1 heterocycles. The molecule has 0 spiro atoms. The van der Waals surface area contributed by atoms with E-state index in [0.29, 0.717) is 12.8 Å². The smallest absolute Gasteiger partial charge is 0.261 e. The third kappa shape index (κ3) is 1.30. The summed E-state index contributed by atoms with van der Waals surface area (Å²) in [7, 11) is 0. The zero-order valence-electron chi connectivity index (χ0n) is 7.34. The summed E-state index contributed by atoms with van der Waals surface area (Å²) in [5, 5.41) is 0. The molecule has 0 atom stereocenters. The average molecular weight is 196 g/mol. The first-order valence-corrected chi connectivity index (χ1v) is 4.25. The number of nitrogens with two attached hydrogens (primary N) is 1. The van der Waals surface area contributed by atoms with E-state index in [1.807, 2.05) is 0 Å². The second-order valence-corrected chi connectivity index (χ2v) is 3.44. The van der Waals surface area contributed by atoms with Crippen molar-refractivity contribution in [1.82, 2.24) is 4.98 Å². The zero-order chi connectivity index (χ0) is 10.3. The van der Waals surface area contributed by atoms with E-state index < -0.39 is 17.1 Å². The molecule has 0 saturated heterocycles. The van der Waals surface area contributed by atoms with Gasteiger partial charge in [-0.05, 0) is 25.0 Å².